The summed E-state index contributed by atoms with van der Waals surface area (Å²) in [5.41, 5.74) is -1.86. The SMILES string of the molecule is Cn1ccnc1C(O)(CCNC(=O)c1nc(-c2ccccc2)n(-c2ccccc2)n1)C(F)(F)F. The fourth-order valence-corrected chi connectivity index (χ4v) is 3.51. The van der Waals surface area contributed by atoms with E-state index >= 15 is 0 Å². The third-order valence-electron chi connectivity index (χ3n) is 5.28. The first-order valence-corrected chi connectivity index (χ1v) is 10.3. The van der Waals surface area contributed by atoms with E-state index in [0.29, 0.717) is 17.1 Å². The third-order valence-corrected chi connectivity index (χ3v) is 5.28. The van der Waals surface area contributed by atoms with Crippen molar-refractivity contribution >= 4 is 5.91 Å². The largest absolute Gasteiger partial charge is 0.424 e. The van der Waals surface area contributed by atoms with Gasteiger partial charge < -0.3 is 15.0 Å². The number of aryl methyl sites for hydroxylation is 1. The number of para-hydroxylation sites is 1. The van der Waals surface area contributed by atoms with Crippen LogP contribution in [0.2, 0.25) is 0 Å². The summed E-state index contributed by atoms with van der Waals surface area (Å²) in [4.78, 5) is 20.7. The lowest BCUT2D eigenvalue weighted by Crippen LogP contribution is -2.46. The molecule has 2 heterocycles. The van der Waals surface area contributed by atoms with E-state index in [9.17, 15) is 23.1 Å². The Labute approximate surface area is 192 Å². The van der Waals surface area contributed by atoms with E-state index < -0.39 is 36.5 Å². The summed E-state index contributed by atoms with van der Waals surface area (Å²) in [6.07, 6.45) is -3.37. The molecule has 0 aliphatic rings. The smallest absolute Gasteiger partial charge is 0.374 e. The average Bonchev–Trinajstić information content (AvgIpc) is 3.46. The van der Waals surface area contributed by atoms with Gasteiger partial charge in [0.2, 0.25) is 11.4 Å². The number of halogens is 3. The number of nitrogens with one attached hydrogen (secondary N) is 1. The first-order valence-electron chi connectivity index (χ1n) is 10.3. The summed E-state index contributed by atoms with van der Waals surface area (Å²) < 4.78 is 43.6. The van der Waals surface area contributed by atoms with Gasteiger partial charge in [-0.3, -0.25) is 4.79 Å². The zero-order valence-electron chi connectivity index (χ0n) is 18.1. The van der Waals surface area contributed by atoms with Crippen LogP contribution >= 0.6 is 0 Å². The molecule has 0 aliphatic heterocycles. The molecule has 4 aromatic rings. The summed E-state index contributed by atoms with van der Waals surface area (Å²) >= 11 is 0. The maximum absolute atomic E-state index is 13.7. The Morgan fingerprint density at radius 3 is 2.29 bits per heavy atom. The molecule has 2 N–H and O–H groups in total. The lowest BCUT2D eigenvalue weighted by atomic mass is 9.97. The van der Waals surface area contributed by atoms with Crippen molar-refractivity contribution in [2.45, 2.75) is 18.2 Å². The van der Waals surface area contributed by atoms with Crippen LogP contribution < -0.4 is 5.32 Å². The minimum absolute atomic E-state index is 0.213. The van der Waals surface area contributed by atoms with Crippen molar-refractivity contribution < 1.29 is 23.1 Å². The van der Waals surface area contributed by atoms with Gasteiger partial charge in [-0.1, -0.05) is 48.5 Å². The third kappa shape index (κ3) is 4.42. The van der Waals surface area contributed by atoms with Crippen LogP contribution in [-0.4, -0.2) is 48.1 Å². The lowest BCUT2D eigenvalue weighted by molar-refractivity contribution is -0.272. The van der Waals surface area contributed by atoms with Gasteiger partial charge in [-0.05, 0) is 12.1 Å². The number of amides is 1. The van der Waals surface area contributed by atoms with Gasteiger partial charge in [0.1, 0.15) is 5.82 Å². The molecule has 0 spiro atoms. The van der Waals surface area contributed by atoms with Crippen molar-refractivity contribution in [3.63, 3.8) is 0 Å². The molecular weight excluding hydrogens is 449 g/mol. The van der Waals surface area contributed by atoms with E-state index in [1.54, 1.807) is 36.4 Å². The Kier molecular flexibility index (Phi) is 6.20. The molecule has 0 fully saturated rings. The number of nitrogens with zero attached hydrogens (tertiary/aromatic N) is 5. The maximum Gasteiger partial charge on any atom is 0.424 e. The zero-order chi connectivity index (χ0) is 24.3. The van der Waals surface area contributed by atoms with Gasteiger partial charge in [0, 0.05) is 38.0 Å². The molecule has 8 nitrogen and oxygen atoms in total. The highest BCUT2D eigenvalue weighted by Crippen LogP contribution is 2.40. The summed E-state index contributed by atoms with van der Waals surface area (Å²) in [6, 6.07) is 18.1. The molecule has 11 heteroatoms. The van der Waals surface area contributed by atoms with E-state index in [4.69, 9.17) is 0 Å². The quantitative estimate of drug-likeness (QED) is 0.432. The van der Waals surface area contributed by atoms with Crippen molar-refractivity contribution in [2.75, 3.05) is 6.54 Å². The van der Waals surface area contributed by atoms with Gasteiger partial charge >= 0.3 is 6.18 Å². The second-order valence-corrected chi connectivity index (χ2v) is 7.60. The van der Waals surface area contributed by atoms with E-state index in [2.05, 4.69) is 20.4 Å². The Hall–Kier alpha value is -3.99. The van der Waals surface area contributed by atoms with Crippen LogP contribution in [0.4, 0.5) is 13.2 Å². The van der Waals surface area contributed by atoms with Crippen LogP contribution in [0.25, 0.3) is 17.1 Å². The van der Waals surface area contributed by atoms with Crippen molar-refractivity contribution in [1.29, 1.82) is 0 Å². The van der Waals surface area contributed by atoms with Crippen molar-refractivity contribution in [3.05, 3.63) is 84.7 Å². The molecule has 0 radical (unpaired) electrons. The summed E-state index contributed by atoms with van der Waals surface area (Å²) in [5.74, 6) is -1.14. The summed E-state index contributed by atoms with van der Waals surface area (Å²) in [5, 5.41) is 17.1. The molecule has 0 saturated heterocycles. The molecule has 1 atom stereocenters. The van der Waals surface area contributed by atoms with Crippen LogP contribution in [-0.2, 0) is 12.6 Å². The molecule has 2 aromatic heterocycles. The van der Waals surface area contributed by atoms with Gasteiger partial charge in [0.25, 0.3) is 5.91 Å². The van der Waals surface area contributed by atoms with Gasteiger partial charge in [-0.15, -0.1) is 5.10 Å². The van der Waals surface area contributed by atoms with Crippen molar-refractivity contribution in [3.8, 4) is 17.1 Å². The number of benzene rings is 2. The molecule has 0 aliphatic carbocycles. The number of rotatable bonds is 7. The highest BCUT2D eigenvalue weighted by atomic mass is 19.4. The number of hydrogen-bond donors (Lipinski definition) is 2. The van der Waals surface area contributed by atoms with E-state index in [1.165, 1.54) is 17.9 Å². The first kappa shape index (κ1) is 23.2. The van der Waals surface area contributed by atoms with Crippen LogP contribution in [0.1, 0.15) is 22.9 Å². The van der Waals surface area contributed by atoms with E-state index in [-0.39, 0.29) is 5.82 Å². The van der Waals surface area contributed by atoms with Gasteiger partial charge in [-0.25, -0.2) is 14.6 Å². The van der Waals surface area contributed by atoms with Crippen molar-refractivity contribution in [1.82, 2.24) is 29.6 Å². The maximum atomic E-state index is 13.7. The molecule has 2 aromatic carbocycles. The number of hydrogen-bond acceptors (Lipinski definition) is 5. The molecule has 1 amide bonds. The standard InChI is InChI=1S/C23H21F3N6O2/c1-31-15-14-28-21(31)22(34,23(24,25)26)12-13-27-20(33)18-29-19(16-8-4-2-5-9-16)32(30-18)17-10-6-3-7-11-17/h2-11,14-15,34H,12-13H2,1H3,(H,27,33). The topological polar surface area (TPSA) is 97.9 Å². The predicted octanol–water partition coefficient (Wildman–Crippen LogP) is 3.24. The second kappa shape index (κ2) is 9.10. The highest BCUT2D eigenvalue weighted by Gasteiger charge is 2.57. The fourth-order valence-electron chi connectivity index (χ4n) is 3.51. The Morgan fingerprint density at radius 1 is 1.06 bits per heavy atom. The minimum atomic E-state index is -5.00. The molecule has 4 rings (SSSR count). The normalized spacial score (nSPS) is 13.4. The Balaban J connectivity index is 1.57. The van der Waals surface area contributed by atoms with Crippen LogP contribution in [0.3, 0.4) is 0 Å². The van der Waals surface area contributed by atoms with Gasteiger partial charge in [0.05, 0.1) is 5.69 Å². The molecule has 0 bridgehead atoms. The summed E-state index contributed by atoms with van der Waals surface area (Å²) in [6.45, 7) is -0.484. The van der Waals surface area contributed by atoms with Gasteiger partial charge in [0.15, 0.2) is 5.82 Å². The van der Waals surface area contributed by atoms with E-state index in [0.717, 1.165) is 10.8 Å². The monoisotopic (exact) mass is 470 g/mol. The number of imidazole rings is 1. The number of alkyl halides is 3. The average molecular weight is 470 g/mol. The number of carbonyl (C=O) groups excluding carboxylic acids is 1. The first-order chi connectivity index (χ1) is 16.2. The lowest BCUT2D eigenvalue weighted by Gasteiger charge is -2.29. The van der Waals surface area contributed by atoms with Crippen LogP contribution in [0, 0.1) is 0 Å². The highest BCUT2D eigenvalue weighted by molar-refractivity contribution is 5.91. The van der Waals surface area contributed by atoms with Gasteiger partial charge in [-0.2, -0.15) is 13.2 Å². The Morgan fingerprint density at radius 2 is 1.71 bits per heavy atom. The molecule has 0 saturated carbocycles. The number of carbonyl (C=O) groups is 1. The summed E-state index contributed by atoms with van der Waals surface area (Å²) in [7, 11) is 1.35. The van der Waals surface area contributed by atoms with Crippen molar-refractivity contribution in [2.24, 2.45) is 7.05 Å². The Bertz CT molecular complexity index is 1210. The fraction of sp³-hybridized carbons (Fsp3) is 0.217. The second-order valence-electron chi connectivity index (χ2n) is 7.60. The molecule has 1 unspecified atom stereocenters. The minimum Gasteiger partial charge on any atom is -0.374 e. The molecule has 176 valence electrons. The van der Waals surface area contributed by atoms with Crippen LogP contribution in [0.5, 0.6) is 0 Å². The number of aromatic nitrogens is 5. The molecule has 34 heavy (non-hydrogen) atoms. The van der Waals surface area contributed by atoms with E-state index in [1.807, 2.05) is 24.3 Å². The van der Waals surface area contributed by atoms with Crippen LogP contribution in [0.15, 0.2) is 73.1 Å². The predicted molar refractivity (Wildman–Crippen MR) is 117 cm³/mol. The zero-order valence-corrected chi connectivity index (χ0v) is 18.1. The number of aliphatic hydroxyl groups is 1. The molecular formula is C23H21F3N6O2.